The number of benzene rings is 3. The largest absolute Gasteiger partial charge is 0.289 e. The average molecular weight is 356 g/mol. The Hall–Kier alpha value is -2.77. The third-order valence-electron chi connectivity index (χ3n) is 4.02. The number of nitrogens with zero attached hydrogens (tertiary/aromatic N) is 2. The molecule has 0 unspecified atom stereocenters. The van der Waals surface area contributed by atoms with Crippen LogP contribution in [0.15, 0.2) is 71.6 Å². The van der Waals surface area contributed by atoms with Crippen molar-refractivity contribution in [1.29, 1.82) is 0 Å². The molecule has 0 spiro atoms. The Morgan fingerprint density at radius 1 is 0.960 bits per heavy atom. The van der Waals surface area contributed by atoms with Gasteiger partial charge in [0.25, 0.3) is 5.69 Å². The number of nitro groups is 1. The van der Waals surface area contributed by atoms with Gasteiger partial charge in [0.15, 0.2) is 4.90 Å². The highest BCUT2D eigenvalue weighted by Crippen LogP contribution is 2.27. The molecule has 3 rings (SSSR count). The van der Waals surface area contributed by atoms with Crippen molar-refractivity contribution in [3.63, 3.8) is 0 Å². The molecule has 0 atom stereocenters. The second kappa shape index (κ2) is 6.62. The van der Waals surface area contributed by atoms with E-state index in [2.05, 4.69) is 0 Å². The molecule has 0 N–H and O–H groups in total. The van der Waals surface area contributed by atoms with Gasteiger partial charge in [-0.3, -0.25) is 10.1 Å². The summed E-state index contributed by atoms with van der Waals surface area (Å²) in [5, 5.41) is 13.1. The molecule has 128 valence electrons. The summed E-state index contributed by atoms with van der Waals surface area (Å²) in [4.78, 5) is 10.2. The lowest BCUT2D eigenvalue weighted by Crippen LogP contribution is -2.27. The smallest absolute Gasteiger partial charge is 0.258 e. The van der Waals surface area contributed by atoms with Gasteiger partial charge in [-0.25, -0.2) is 8.42 Å². The Balaban J connectivity index is 2.00. The molecular weight excluding hydrogens is 340 g/mol. The summed E-state index contributed by atoms with van der Waals surface area (Å²) in [6, 6.07) is 18.7. The normalized spacial score (nSPS) is 11.8. The van der Waals surface area contributed by atoms with Crippen LogP contribution < -0.4 is 0 Å². The summed E-state index contributed by atoms with van der Waals surface area (Å²) in [5.41, 5.74) is 0.412. The summed E-state index contributed by atoms with van der Waals surface area (Å²) in [7, 11) is -2.57. The standard InChI is InChI=1S/C18H16N2O4S/c1-19(13-15-9-6-8-14-7-2-3-10-16(14)15)25(23,24)18-12-5-4-11-17(18)20(21)22/h2-12H,13H2,1H3. The van der Waals surface area contributed by atoms with Gasteiger partial charge >= 0.3 is 0 Å². The van der Waals surface area contributed by atoms with Crippen LogP contribution in [0.1, 0.15) is 5.56 Å². The molecular formula is C18H16N2O4S. The van der Waals surface area contributed by atoms with Crippen LogP contribution in [0.25, 0.3) is 10.8 Å². The molecule has 7 heteroatoms. The van der Waals surface area contributed by atoms with E-state index >= 15 is 0 Å². The summed E-state index contributed by atoms with van der Waals surface area (Å²) < 4.78 is 26.8. The number of rotatable bonds is 5. The maximum atomic E-state index is 12.8. The van der Waals surface area contributed by atoms with E-state index in [-0.39, 0.29) is 11.4 Å². The van der Waals surface area contributed by atoms with E-state index in [1.54, 1.807) is 0 Å². The molecule has 0 aliphatic carbocycles. The monoisotopic (exact) mass is 356 g/mol. The number of sulfonamides is 1. The van der Waals surface area contributed by atoms with Crippen molar-refractivity contribution in [2.45, 2.75) is 11.4 Å². The molecule has 0 aliphatic rings. The van der Waals surface area contributed by atoms with E-state index in [1.165, 1.54) is 31.3 Å². The Morgan fingerprint density at radius 2 is 1.60 bits per heavy atom. The molecule has 0 fully saturated rings. The lowest BCUT2D eigenvalue weighted by atomic mass is 10.0. The van der Waals surface area contributed by atoms with Crippen molar-refractivity contribution in [2.24, 2.45) is 0 Å². The van der Waals surface area contributed by atoms with Gasteiger partial charge in [0.2, 0.25) is 10.0 Å². The number of fused-ring (bicyclic) bond motifs is 1. The first-order valence-electron chi connectivity index (χ1n) is 7.57. The number of para-hydroxylation sites is 1. The zero-order chi connectivity index (χ0) is 18.0. The van der Waals surface area contributed by atoms with Gasteiger partial charge in [-0.2, -0.15) is 4.31 Å². The molecule has 0 saturated heterocycles. The van der Waals surface area contributed by atoms with Crippen molar-refractivity contribution in [3.05, 3.63) is 82.4 Å². The first-order chi connectivity index (χ1) is 11.9. The first kappa shape index (κ1) is 17.1. The van der Waals surface area contributed by atoms with Crippen LogP contribution >= 0.6 is 0 Å². The number of hydrogen-bond acceptors (Lipinski definition) is 4. The van der Waals surface area contributed by atoms with Crippen molar-refractivity contribution >= 4 is 26.5 Å². The topological polar surface area (TPSA) is 80.5 Å². The number of nitro benzene ring substituents is 1. The van der Waals surface area contributed by atoms with Gasteiger partial charge in [-0.05, 0) is 22.4 Å². The molecule has 0 amide bonds. The fourth-order valence-corrected chi connectivity index (χ4v) is 4.05. The van der Waals surface area contributed by atoms with Crippen molar-refractivity contribution in [2.75, 3.05) is 7.05 Å². The van der Waals surface area contributed by atoms with E-state index in [9.17, 15) is 18.5 Å². The Bertz CT molecular complexity index is 1040. The van der Waals surface area contributed by atoms with Crippen LogP contribution in [0.5, 0.6) is 0 Å². The van der Waals surface area contributed by atoms with Gasteiger partial charge in [-0.1, -0.05) is 54.6 Å². The molecule has 0 heterocycles. The number of hydrogen-bond donors (Lipinski definition) is 0. The Kier molecular flexibility index (Phi) is 4.52. The zero-order valence-corrected chi connectivity index (χ0v) is 14.3. The lowest BCUT2D eigenvalue weighted by Gasteiger charge is -2.18. The predicted octanol–water partition coefficient (Wildman–Crippen LogP) is 3.57. The maximum Gasteiger partial charge on any atom is 0.289 e. The first-order valence-corrected chi connectivity index (χ1v) is 9.01. The Labute approximate surface area is 145 Å². The van der Waals surface area contributed by atoms with E-state index in [0.717, 1.165) is 20.6 Å². The zero-order valence-electron chi connectivity index (χ0n) is 13.5. The lowest BCUT2D eigenvalue weighted by molar-refractivity contribution is -0.387. The van der Waals surface area contributed by atoms with E-state index in [4.69, 9.17) is 0 Å². The van der Waals surface area contributed by atoms with Gasteiger partial charge in [0.05, 0.1) is 4.92 Å². The third-order valence-corrected chi connectivity index (χ3v) is 5.87. The van der Waals surface area contributed by atoms with Crippen LogP contribution in [-0.2, 0) is 16.6 Å². The fraction of sp³-hybridized carbons (Fsp3) is 0.111. The molecule has 0 bridgehead atoms. The van der Waals surface area contributed by atoms with Gasteiger partial charge in [0, 0.05) is 19.7 Å². The predicted molar refractivity (Wildman–Crippen MR) is 95.7 cm³/mol. The van der Waals surface area contributed by atoms with Crippen LogP contribution in [0.4, 0.5) is 5.69 Å². The SMILES string of the molecule is CN(Cc1cccc2ccccc12)S(=O)(=O)c1ccccc1[N+](=O)[O-]. The summed E-state index contributed by atoms with van der Waals surface area (Å²) >= 11 is 0. The second-order valence-electron chi connectivity index (χ2n) is 5.62. The van der Waals surface area contributed by atoms with Crippen LogP contribution in [0.3, 0.4) is 0 Å². The van der Waals surface area contributed by atoms with E-state index in [1.807, 2.05) is 42.5 Å². The van der Waals surface area contributed by atoms with Crippen LogP contribution in [0.2, 0.25) is 0 Å². The molecule has 0 radical (unpaired) electrons. The molecule has 3 aromatic rings. The summed E-state index contributed by atoms with van der Waals surface area (Å²) in [6.07, 6.45) is 0. The Morgan fingerprint density at radius 3 is 2.36 bits per heavy atom. The minimum atomic E-state index is -3.99. The van der Waals surface area contributed by atoms with Crippen molar-refractivity contribution in [3.8, 4) is 0 Å². The quantitative estimate of drug-likeness (QED) is 0.517. The van der Waals surface area contributed by atoms with Crippen molar-refractivity contribution < 1.29 is 13.3 Å². The summed E-state index contributed by atoms with van der Waals surface area (Å²) in [5.74, 6) is 0. The van der Waals surface area contributed by atoms with Crippen LogP contribution in [-0.4, -0.2) is 24.7 Å². The van der Waals surface area contributed by atoms with E-state index in [0.29, 0.717) is 0 Å². The highest BCUT2D eigenvalue weighted by atomic mass is 32.2. The highest BCUT2D eigenvalue weighted by molar-refractivity contribution is 7.89. The van der Waals surface area contributed by atoms with Crippen LogP contribution in [0, 0.1) is 10.1 Å². The molecule has 0 aliphatic heterocycles. The minimum absolute atomic E-state index is 0.121. The minimum Gasteiger partial charge on any atom is -0.258 e. The molecule has 3 aromatic carbocycles. The molecule has 25 heavy (non-hydrogen) atoms. The highest BCUT2D eigenvalue weighted by Gasteiger charge is 2.29. The maximum absolute atomic E-state index is 12.8. The van der Waals surface area contributed by atoms with Crippen molar-refractivity contribution in [1.82, 2.24) is 4.31 Å². The van der Waals surface area contributed by atoms with Gasteiger partial charge in [0.1, 0.15) is 0 Å². The second-order valence-corrected chi connectivity index (χ2v) is 7.64. The fourth-order valence-electron chi connectivity index (χ4n) is 2.75. The van der Waals surface area contributed by atoms with Gasteiger partial charge in [-0.15, -0.1) is 0 Å². The molecule has 6 nitrogen and oxygen atoms in total. The molecule has 0 saturated carbocycles. The third kappa shape index (κ3) is 3.24. The van der Waals surface area contributed by atoms with Gasteiger partial charge < -0.3 is 0 Å². The van der Waals surface area contributed by atoms with E-state index < -0.39 is 20.6 Å². The average Bonchev–Trinajstić information content (AvgIpc) is 2.62. The molecule has 0 aromatic heterocycles. The summed E-state index contributed by atoms with van der Waals surface area (Å²) in [6.45, 7) is 0.121.